The van der Waals surface area contributed by atoms with Crippen LogP contribution >= 0.6 is 0 Å². The van der Waals surface area contributed by atoms with E-state index in [9.17, 15) is 19.7 Å². The van der Waals surface area contributed by atoms with Crippen LogP contribution in [0.5, 0.6) is 28.7 Å². The molecule has 1 heterocycles. The summed E-state index contributed by atoms with van der Waals surface area (Å²) >= 11 is 0. The lowest BCUT2D eigenvalue weighted by atomic mass is 9.91. The van der Waals surface area contributed by atoms with E-state index in [1.165, 1.54) is 39.5 Å². The predicted octanol–water partition coefficient (Wildman–Crippen LogP) is 6.25. The third kappa shape index (κ3) is 5.96. The molecule has 0 fully saturated rings. The van der Waals surface area contributed by atoms with Crippen molar-refractivity contribution in [2.24, 2.45) is 0 Å². The molecular formula is C34H33N3O9. The van der Waals surface area contributed by atoms with Crippen molar-refractivity contribution >= 4 is 28.9 Å². The number of amides is 1. The van der Waals surface area contributed by atoms with E-state index in [1.54, 1.807) is 68.3 Å². The number of nitro benzene ring substituents is 1. The van der Waals surface area contributed by atoms with Crippen molar-refractivity contribution in [3.63, 3.8) is 0 Å². The van der Waals surface area contributed by atoms with Crippen molar-refractivity contribution in [1.82, 2.24) is 0 Å². The topological polar surface area (TPSA) is 139 Å². The molecule has 46 heavy (non-hydrogen) atoms. The largest absolute Gasteiger partial charge is 0.496 e. The maximum Gasteiger partial charge on any atom is 0.347 e. The van der Waals surface area contributed by atoms with Gasteiger partial charge in [0.1, 0.15) is 35.0 Å². The number of fused-ring (bicyclic) bond motifs is 1. The van der Waals surface area contributed by atoms with Gasteiger partial charge < -0.3 is 33.9 Å². The maximum atomic E-state index is 13.4. The Morgan fingerprint density at radius 2 is 1.57 bits per heavy atom. The number of nitro groups is 1. The summed E-state index contributed by atoms with van der Waals surface area (Å²) in [6.45, 7) is 3.49. The number of hydrogen-bond acceptors (Lipinski definition) is 10. The van der Waals surface area contributed by atoms with Crippen LogP contribution in [-0.2, 0) is 11.4 Å². The molecule has 0 unspecified atom stereocenters. The lowest BCUT2D eigenvalue weighted by Gasteiger charge is -2.39. The average molecular weight is 628 g/mol. The van der Waals surface area contributed by atoms with Crippen molar-refractivity contribution in [1.29, 1.82) is 0 Å². The fourth-order valence-electron chi connectivity index (χ4n) is 5.40. The summed E-state index contributed by atoms with van der Waals surface area (Å²) in [5.74, 6) is 0.697. The number of carbonyl (C=O) groups is 2. The van der Waals surface area contributed by atoms with Gasteiger partial charge >= 0.3 is 5.97 Å². The van der Waals surface area contributed by atoms with E-state index in [0.717, 1.165) is 0 Å². The number of methoxy groups -OCH3 is 3. The van der Waals surface area contributed by atoms with Crippen molar-refractivity contribution in [2.45, 2.75) is 26.0 Å². The number of likely N-dealkylation sites (N-methyl/N-ethyl adjacent to an activating group) is 1. The molecule has 0 atom stereocenters. The van der Waals surface area contributed by atoms with Crippen LogP contribution in [-0.4, -0.2) is 50.7 Å². The Bertz CT molecular complexity index is 1840. The standard InChI is InChI=1S/C34H33N3O9/c1-34(2)33(39)36(3)31-25(19-45-30-17-20(37(40)41)11-16-28(30)43-5)22(14-15-26(31)35-34)23-13-12-21(18-29(23)44-6)46-32(38)24-9-7-8-10-27(24)42-4/h7-18,35H,19H2,1-6H3. The minimum atomic E-state index is -0.866. The first-order valence-electron chi connectivity index (χ1n) is 14.2. The SMILES string of the molecule is COc1ccc([N+](=O)[O-])cc1OCc1c(-c2ccc(OC(=O)c3ccccc3OC)cc2OC)ccc2c1N(C)C(=O)C(C)(C)N2. The molecular weight excluding hydrogens is 594 g/mol. The first-order chi connectivity index (χ1) is 22.0. The molecule has 1 aliphatic heterocycles. The van der Waals surface area contributed by atoms with Gasteiger partial charge in [0.05, 0.1) is 43.7 Å². The molecule has 12 nitrogen and oxygen atoms in total. The molecule has 5 rings (SSSR count). The summed E-state index contributed by atoms with van der Waals surface area (Å²) in [7, 11) is 6.09. The molecule has 4 aromatic rings. The Labute approximate surface area is 265 Å². The second-order valence-electron chi connectivity index (χ2n) is 10.9. The second kappa shape index (κ2) is 12.7. The zero-order valence-corrected chi connectivity index (χ0v) is 26.2. The molecule has 0 aliphatic carbocycles. The van der Waals surface area contributed by atoms with Gasteiger partial charge in [-0.15, -0.1) is 0 Å². The summed E-state index contributed by atoms with van der Waals surface area (Å²) in [5, 5.41) is 14.8. The van der Waals surface area contributed by atoms with Gasteiger partial charge in [-0.05, 0) is 55.8 Å². The van der Waals surface area contributed by atoms with Crippen molar-refractivity contribution in [3.05, 3.63) is 94.0 Å². The van der Waals surface area contributed by atoms with Gasteiger partial charge in [0, 0.05) is 30.3 Å². The van der Waals surface area contributed by atoms with Crippen molar-refractivity contribution in [2.75, 3.05) is 38.6 Å². The Hall–Kier alpha value is -5.78. The average Bonchev–Trinajstić information content (AvgIpc) is 3.05. The van der Waals surface area contributed by atoms with Gasteiger partial charge in [-0.25, -0.2) is 4.79 Å². The summed E-state index contributed by atoms with van der Waals surface area (Å²) in [6.07, 6.45) is 0. The normalized spacial score (nSPS) is 13.3. The number of hydrogen-bond donors (Lipinski definition) is 1. The van der Waals surface area contributed by atoms with E-state index >= 15 is 0 Å². The number of non-ortho nitro benzene ring substituents is 1. The highest BCUT2D eigenvalue weighted by molar-refractivity contribution is 6.09. The molecule has 0 aromatic heterocycles. The molecule has 0 saturated carbocycles. The van der Waals surface area contributed by atoms with Crippen LogP contribution in [0, 0.1) is 10.1 Å². The number of carbonyl (C=O) groups excluding carboxylic acids is 2. The van der Waals surface area contributed by atoms with Gasteiger partial charge in [-0.2, -0.15) is 0 Å². The predicted molar refractivity (Wildman–Crippen MR) is 171 cm³/mol. The summed E-state index contributed by atoms with van der Waals surface area (Å²) < 4.78 is 28.3. The van der Waals surface area contributed by atoms with Crippen LogP contribution in [0.3, 0.4) is 0 Å². The smallest absolute Gasteiger partial charge is 0.347 e. The molecule has 1 amide bonds. The quantitative estimate of drug-likeness (QED) is 0.0929. The number of anilines is 2. The Balaban J connectivity index is 1.58. The lowest BCUT2D eigenvalue weighted by molar-refractivity contribution is -0.385. The highest BCUT2D eigenvalue weighted by atomic mass is 16.6. The number of rotatable bonds is 10. The van der Waals surface area contributed by atoms with Crippen molar-refractivity contribution in [3.8, 4) is 39.9 Å². The molecule has 0 saturated heterocycles. The molecule has 0 bridgehead atoms. The first-order valence-corrected chi connectivity index (χ1v) is 14.2. The number of esters is 1. The van der Waals surface area contributed by atoms with Crippen molar-refractivity contribution < 1.29 is 38.2 Å². The minimum absolute atomic E-state index is 0.0938. The summed E-state index contributed by atoms with van der Waals surface area (Å²) in [4.78, 5) is 38.9. The third-order valence-corrected chi connectivity index (χ3v) is 7.64. The molecule has 238 valence electrons. The van der Waals surface area contributed by atoms with Crippen LogP contribution in [0.1, 0.15) is 29.8 Å². The zero-order chi connectivity index (χ0) is 33.2. The highest BCUT2D eigenvalue weighted by Crippen LogP contribution is 2.45. The van der Waals surface area contributed by atoms with Crippen LogP contribution < -0.4 is 33.9 Å². The summed E-state index contributed by atoms with van der Waals surface area (Å²) in [6, 6.07) is 19.5. The van der Waals surface area contributed by atoms with Crippen LogP contribution in [0.25, 0.3) is 11.1 Å². The molecule has 1 aliphatic rings. The maximum absolute atomic E-state index is 13.4. The van der Waals surface area contributed by atoms with Gasteiger partial charge in [0.15, 0.2) is 11.5 Å². The summed E-state index contributed by atoms with van der Waals surface area (Å²) in [5.41, 5.74) is 2.38. The van der Waals surface area contributed by atoms with Crippen LogP contribution in [0.2, 0.25) is 0 Å². The fourth-order valence-corrected chi connectivity index (χ4v) is 5.40. The fraction of sp³-hybridized carbons (Fsp3) is 0.235. The number of para-hydroxylation sites is 1. The molecule has 0 radical (unpaired) electrons. The number of benzene rings is 4. The van der Waals surface area contributed by atoms with Crippen LogP contribution in [0.15, 0.2) is 72.8 Å². The Morgan fingerprint density at radius 3 is 2.26 bits per heavy atom. The molecule has 0 spiro atoms. The number of nitrogens with zero attached hydrogens (tertiary/aromatic N) is 2. The molecule has 4 aromatic carbocycles. The van der Waals surface area contributed by atoms with E-state index in [1.807, 2.05) is 12.1 Å². The van der Waals surface area contributed by atoms with Gasteiger partial charge in [-0.1, -0.05) is 18.2 Å². The van der Waals surface area contributed by atoms with Crippen LogP contribution in [0.4, 0.5) is 17.1 Å². The Kier molecular flexibility index (Phi) is 8.72. The van der Waals surface area contributed by atoms with E-state index in [2.05, 4.69) is 5.32 Å². The second-order valence-corrected chi connectivity index (χ2v) is 10.9. The monoisotopic (exact) mass is 627 g/mol. The minimum Gasteiger partial charge on any atom is -0.496 e. The van der Waals surface area contributed by atoms with E-state index in [4.69, 9.17) is 23.7 Å². The van der Waals surface area contributed by atoms with Gasteiger partial charge in [-0.3, -0.25) is 14.9 Å². The molecule has 12 heteroatoms. The zero-order valence-electron chi connectivity index (χ0n) is 26.2. The van der Waals surface area contributed by atoms with Gasteiger partial charge in [0.25, 0.3) is 11.6 Å². The third-order valence-electron chi connectivity index (χ3n) is 7.64. The van der Waals surface area contributed by atoms with E-state index < -0.39 is 16.4 Å². The molecule has 1 N–H and O–H groups in total. The van der Waals surface area contributed by atoms with E-state index in [-0.39, 0.29) is 35.3 Å². The highest BCUT2D eigenvalue weighted by Gasteiger charge is 2.39. The number of nitrogens with one attached hydrogen (secondary N) is 1. The number of ether oxygens (including phenoxy) is 5. The van der Waals surface area contributed by atoms with E-state index in [0.29, 0.717) is 45.3 Å². The Morgan fingerprint density at radius 1 is 0.870 bits per heavy atom. The first kappa shape index (κ1) is 31.6. The lowest BCUT2D eigenvalue weighted by Crippen LogP contribution is -2.52. The van der Waals surface area contributed by atoms with Gasteiger partial charge in [0.2, 0.25) is 0 Å².